The Balaban J connectivity index is 2.79. The maximum absolute atomic E-state index is 12.4. The van der Waals surface area contributed by atoms with E-state index in [2.05, 4.69) is 35.9 Å². The molecule has 1 rings (SSSR count). The molecule has 0 fully saturated rings. The molecule has 1 heterocycles. The van der Waals surface area contributed by atoms with Crippen molar-refractivity contribution in [1.29, 1.82) is 0 Å². The summed E-state index contributed by atoms with van der Waals surface area (Å²) in [4.78, 5) is 15.1. The predicted octanol–water partition coefficient (Wildman–Crippen LogP) is 1.80. The van der Waals surface area contributed by atoms with Crippen LogP contribution in [-0.4, -0.2) is 49.2 Å². The van der Waals surface area contributed by atoms with Crippen molar-refractivity contribution in [3.63, 3.8) is 0 Å². The minimum Gasteiger partial charge on any atom is -0.395 e. The van der Waals surface area contributed by atoms with Gasteiger partial charge in [0.1, 0.15) is 4.88 Å². The van der Waals surface area contributed by atoms with Crippen LogP contribution >= 0.6 is 11.3 Å². The first-order valence-corrected chi connectivity index (χ1v) is 7.96. The molecule has 0 saturated heterocycles. The van der Waals surface area contributed by atoms with Crippen molar-refractivity contribution < 1.29 is 9.90 Å². The zero-order chi connectivity index (χ0) is 15.8. The fraction of sp³-hybridized carbons (Fsp3) is 0.562. The van der Waals surface area contributed by atoms with E-state index in [0.717, 1.165) is 12.1 Å². The number of aliphatic hydroxyl groups is 1. The number of likely N-dealkylation sites (N-methyl/N-ethyl adjacent to an activating group) is 1. The lowest BCUT2D eigenvalue weighted by molar-refractivity contribution is 0.0920. The van der Waals surface area contributed by atoms with E-state index in [0.29, 0.717) is 17.2 Å². The minimum absolute atomic E-state index is 0.0386. The van der Waals surface area contributed by atoms with Gasteiger partial charge in [0.2, 0.25) is 0 Å². The van der Waals surface area contributed by atoms with Crippen molar-refractivity contribution in [3.8, 4) is 11.8 Å². The van der Waals surface area contributed by atoms with Gasteiger partial charge in [-0.3, -0.25) is 4.79 Å². The molecule has 0 saturated carbocycles. The van der Waals surface area contributed by atoms with Gasteiger partial charge in [0.05, 0.1) is 6.61 Å². The smallest absolute Gasteiger partial charge is 0.262 e. The van der Waals surface area contributed by atoms with Crippen LogP contribution in [0.4, 0.5) is 0 Å². The Kier molecular flexibility index (Phi) is 7.44. The van der Waals surface area contributed by atoms with Gasteiger partial charge in [-0.15, -0.1) is 11.3 Å². The number of aliphatic hydroxyl groups excluding tert-OH is 1. The molecule has 0 radical (unpaired) electrons. The Morgan fingerprint density at radius 3 is 2.76 bits per heavy atom. The number of rotatable bonds is 6. The summed E-state index contributed by atoms with van der Waals surface area (Å²) in [6.07, 6.45) is 0.423. The summed E-state index contributed by atoms with van der Waals surface area (Å²) < 4.78 is 0. The molecule has 1 amide bonds. The normalized spacial score (nSPS) is 12.1. The molecular formula is C16H24N2O2S. The van der Waals surface area contributed by atoms with Crippen LogP contribution in [0.5, 0.6) is 0 Å². The quantitative estimate of drug-likeness (QED) is 0.788. The molecule has 1 atom stereocenters. The first-order valence-electron chi connectivity index (χ1n) is 7.08. The highest BCUT2D eigenvalue weighted by Gasteiger charge is 2.20. The van der Waals surface area contributed by atoms with E-state index in [1.54, 1.807) is 0 Å². The van der Waals surface area contributed by atoms with E-state index in [4.69, 9.17) is 5.11 Å². The molecule has 5 heteroatoms. The Hall–Kier alpha value is -1.35. The lowest BCUT2D eigenvalue weighted by Gasteiger charge is -2.25. The van der Waals surface area contributed by atoms with Crippen molar-refractivity contribution in [3.05, 3.63) is 21.9 Å². The van der Waals surface area contributed by atoms with Gasteiger partial charge in [0.15, 0.2) is 0 Å². The summed E-state index contributed by atoms with van der Waals surface area (Å²) >= 11 is 1.40. The van der Waals surface area contributed by atoms with Crippen LogP contribution in [0.3, 0.4) is 0 Å². The van der Waals surface area contributed by atoms with E-state index >= 15 is 0 Å². The van der Waals surface area contributed by atoms with Crippen molar-refractivity contribution in [2.24, 2.45) is 5.92 Å². The summed E-state index contributed by atoms with van der Waals surface area (Å²) in [6, 6.07) is 1.95. The van der Waals surface area contributed by atoms with Crippen LogP contribution in [0.15, 0.2) is 11.4 Å². The van der Waals surface area contributed by atoms with Gasteiger partial charge >= 0.3 is 0 Å². The Morgan fingerprint density at radius 1 is 1.48 bits per heavy atom. The molecule has 21 heavy (non-hydrogen) atoms. The van der Waals surface area contributed by atoms with E-state index in [1.165, 1.54) is 11.3 Å². The molecular weight excluding hydrogens is 284 g/mol. The fourth-order valence-electron chi connectivity index (χ4n) is 1.85. The highest BCUT2D eigenvalue weighted by atomic mass is 32.1. The molecule has 0 aliphatic rings. The Morgan fingerprint density at radius 2 is 2.19 bits per heavy atom. The Bertz CT molecular complexity index is 512. The third-order valence-electron chi connectivity index (χ3n) is 3.01. The summed E-state index contributed by atoms with van der Waals surface area (Å²) in [5, 5.41) is 13.7. The van der Waals surface area contributed by atoms with Gasteiger partial charge in [0, 0.05) is 24.6 Å². The zero-order valence-electron chi connectivity index (χ0n) is 13.1. The lowest BCUT2D eigenvalue weighted by Crippen LogP contribution is -2.44. The standard InChI is InChI=1S/C16H24N2O2S/c1-12(2)14(11-18(3)4)17-16(20)15-13(8-10-21-15)7-5-6-9-19/h8,10,12,14,19H,6,9,11H2,1-4H3,(H,17,20). The van der Waals surface area contributed by atoms with Crippen molar-refractivity contribution in [2.45, 2.75) is 26.3 Å². The average Bonchev–Trinajstić information content (AvgIpc) is 2.86. The maximum atomic E-state index is 12.4. The second-order valence-corrected chi connectivity index (χ2v) is 6.44. The lowest BCUT2D eigenvalue weighted by atomic mass is 10.0. The SMILES string of the molecule is CC(C)C(CN(C)C)NC(=O)c1sccc1C#CCCO. The molecule has 2 N–H and O–H groups in total. The molecule has 1 aromatic heterocycles. The number of hydrogen-bond donors (Lipinski definition) is 2. The average molecular weight is 308 g/mol. The van der Waals surface area contributed by atoms with Gasteiger partial charge in [0.25, 0.3) is 5.91 Å². The molecule has 0 aromatic carbocycles. The molecule has 1 unspecified atom stereocenters. The largest absolute Gasteiger partial charge is 0.395 e. The van der Waals surface area contributed by atoms with E-state index in [9.17, 15) is 4.79 Å². The predicted molar refractivity (Wildman–Crippen MR) is 87.5 cm³/mol. The second-order valence-electron chi connectivity index (χ2n) is 5.52. The number of nitrogens with one attached hydrogen (secondary N) is 1. The van der Waals surface area contributed by atoms with Gasteiger partial charge in [-0.2, -0.15) is 0 Å². The number of thiophene rings is 1. The molecule has 0 spiro atoms. The summed E-state index contributed by atoms with van der Waals surface area (Å²) in [7, 11) is 4.00. The second kappa shape index (κ2) is 8.83. The summed E-state index contributed by atoms with van der Waals surface area (Å²) in [5.74, 6) is 6.10. The number of hydrogen-bond acceptors (Lipinski definition) is 4. The fourth-order valence-corrected chi connectivity index (χ4v) is 2.60. The van der Waals surface area contributed by atoms with Gasteiger partial charge in [-0.1, -0.05) is 25.7 Å². The van der Waals surface area contributed by atoms with E-state index in [1.807, 2.05) is 25.5 Å². The monoisotopic (exact) mass is 308 g/mol. The molecule has 0 bridgehead atoms. The molecule has 116 valence electrons. The third-order valence-corrected chi connectivity index (χ3v) is 3.93. The Labute approximate surface area is 131 Å². The molecule has 1 aromatic rings. The van der Waals surface area contributed by atoms with E-state index in [-0.39, 0.29) is 18.6 Å². The minimum atomic E-state index is -0.0705. The van der Waals surface area contributed by atoms with Crippen LogP contribution in [0.2, 0.25) is 0 Å². The number of carbonyl (C=O) groups excluding carboxylic acids is 1. The van der Waals surface area contributed by atoms with Crippen molar-refractivity contribution in [1.82, 2.24) is 10.2 Å². The molecule has 4 nitrogen and oxygen atoms in total. The van der Waals surface area contributed by atoms with Gasteiger partial charge in [-0.05, 0) is 31.5 Å². The maximum Gasteiger partial charge on any atom is 0.262 e. The highest BCUT2D eigenvalue weighted by Crippen LogP contribution is 2.16. The number of amides is 1. The highest BCUT2D eigenvalue weighted by molar-refractivity contribution is 7.12. The molecule has 0 aliphatic carbocycles. The first kappa shape index (κ1) is 17.7. The van der Waals surface area contributed by atoms with Crippen LogP contribution in [0, 0.1) is 17.8 Å². The first-order chi connectivity index (χ1) is 9.95. The van der Waals surface area contributed by atoms with E-state index < -0.39 is 0 Å². The van der Waals surface area contributed by atoms with Crippen molar-refractivity contribution >= 4 is 17.2 Å². The van der Waals surface area contributed by atoms with Gasteiger partial charge in [-0.25, -0.2) is 0 Å². The van der Waals surface area contributed by atoms with Crippen LogP contribution < -0.4 is 5.32 Å². The zero-order valence-corrected chi connectivity index (χ0v) is 14.0. The van der Waals surface area contributed by atoms with Crippen LogP contribution in [-0.2, 0) is 0 Å². The third kappa shape index (κ3) is 5.88. The number of nitrogens with zero attached hydrogens (tertiary/aromatic N) is 1. The topological polar surface area (TPSA) is 52.6 Å². The van der Waals surface area contributed by atoms with Crippen LogP contribution in [0.1, 0.15) is 35.5 Å². The summed E-state index contributed by atoms with van der Waals surface area (Å²) in [6.45, 7) is 5.05. The van der Waals surface area contributed by atoms with Crippen molar-refractivity contribution in [2.75, 3.05) is 27.2 Å². The number of carbonyl (C=O) groups is 1. The summed E-state index contributed by atoms with van der Waals surface area (Å²) in [5.41, 5.74) is 0.735. The van der Waals surface area contributed by atoms with Gasteiger partial charge < -0.3 is 15.3 Å². The van der Waals surface area contributed by atoms with Crippen LogP contribution in [0.25, 0.3) is 0 Å². The molecule has 0 aliphatic heterocycles.